The molecular weight excluding hydrogens is 372 g/mol. The number of halogens is 1. The first-order valence-corrected chi connectivity index (χ1v) is 9.75. The highest BCUT2D eigenvalue weighted by Gasteiger charge is 2.09. The molecule has 0 atom stereocenters. The summed E-state index contributed by atoms with van der Waals surface area (Å²) >= 11 is 4.73. The summed E-state index contributed by atoms with van der Waals surface area (Å²) in [6.07, 6.45) is 1.17. The van der Waals surface area contributed by atoms with Gasteiger partial charge in [-0.2, -0.15) is 0 Å². The molecule has 110 valence electrons. The normalized spacial score (nSPS) is 11.3. The van der Waals surface area contributed by atoms with Crippen LogP contribution in [-0.4, -0.2) is 26.2 Å². The number of hydrogen-bond acceptors (Lipinski definition) is 4. The minimum absolute atomic E-state index is 0.0356. The van der Waals surface area contributed by atoms with Crippen LogP contribution in [0.3, 0.4) is 0 Å². The van der Waals surface area contributed by atoms with Crippen LogP contribution in [0.4, 0.5) is 0 Å². The Kier molecular flexibility index (Phi) is 5.24. The van der Waals surface area contributed by atoms with Gasteiger partial charge in [0.1, 0.15) is 0 Å². The molecule has 0 saturated carbocycles. The van der Waals surface area contributed by atoms with Crippen molar-refractivity contribution in [2.75, 3.05) is 12.0 Å². The van der Waals surface area contributed by atoms with Crippen LogP contribution < -0.4 is 0 Å². The third kappa shape index (κ3) is 4.69. The summed E-state index contributed by atoms with van der Waals surface area (Å²) < 4.78 is 23.6. The van der Waals surface area contributed by atoms with Gasteiger partial charge < -0.3 is 0 Å². The van der Waals surface area contributed by atoms with Gasteiger partial charge in [0.2, 0.25) is 0 Å². The van der Waals surface area contributed by atoms with Gasteiger partial charge in [-0.15, -0.1) is 11.8 Å². The van der Waals surface area contributed by atoms with Crippen LogP contribution in [0, 0.1) is 0 Å². The maximum atomic E-state index is 12.1. The van der Waals surface area contributed by atoms with Crippen molar-refractivity contribution >= 4 is 43.3 Å². The lowest BCUT2D eigenvalue weighted by atomic mass is 10.2. The zero-order valence-corrected chi connectivity index (χ0v) is 14.5. The van der Waals surface area contributed by atoms with E-state index in [1.807, 2.05) is 12.1 Å². The Morgan fingerprint density at radius 2 is 1.81 bits per heavy atom. The van der Waals surface area contributed by atoms with Gasteiger partial charge in [0.15, 0.2) is 15.6 Å². The van der Waals surface area contributed by atoms with Gasteiger partial charge in [-0.1, -0.05) is 28.1 Å². The Morgan fingerprint density at radius 3 is 2.38 bits per heavy atom. The summed E-state index contributed by atoms with van der Waals surface area (Å²) in [4.78, 5) is 13.2. The van der Waals surface area contributed by atoms with E-state index in [4.69, 9.17) is 0 Å². The van der Waals surface area contributed by atoms with Gasteiger partial charge in [0, 0.05) is 21.2 Å². The van der Waals surface area contributed by atoms with Crippen molar-refractivity contribution in [3.63, 3.8) is 0 Å². The molecular formula is C15H13BrO3S2. The molecule has 2 aromatic carbocycles. The lowest BCUT2D eigenvalue weighted by Crippen LogP contribution is -2.02. The smallest absolute Gasteiger partial charge is 0.175 e. The second-order valence-corrected chi connectivity index (χ2v) is 8.45. The van der Waals surface area contributed by atoms with E-state index in [0.717, 1.165) is 9.37 Å². The van der Waals surface area contributed by atoms with Gasteiger partial charge in [0.05, 0.1) is 10.6 Å². The Balaban J connectivity index is 2.02. The summed E-state index contributed by atoms with van der Waals surface area (Å²) in [5.41, 5.74) is 0.657. The second-order valence-electron chi connectivity index (χ2n) is 4.47. The van der Waals surface area contributed by atoms with Crippen molar-refractivity contribution in [1.29, 1.82) is 0 Å². The molecule has 0 radical (unpaired) electrons. The number of Topliss-reactive ketones (excluding diaryl/α,β-unsaturated/α-hetero) is 1. The van der Waals surface area contributed by atoms with Crippen molar-refractivity contribution < 1.29 is 13.2 Å². The molecule has 2 aromatic rings. The average Bonchev–Trinajstić information content (AvgIpc) is 2.44. The van der Waals surface area contributed by atoms with E-state index in [-0.39, 0.29) is 10.7 Å². The first-order valence-electron chi connectivity index (χ1n) is 6.08. The fourth-order valence-corrected chi connectivity index (χ4v) is 3.50. The van der Waals surface area contributed by atoms with E-state index in [9.17, 15) is 13.2 Å². The molecule has 0 spiro atoms. The fraction of sp³-hybridized carbons (Fsp3) is 0.133. The largest absolute Gasteiger partial charge is 0.293 e. The molecule has 0 heterocycles. The quantitative estimate of drug-likeness (QED) is 0.580. The van der Waals surface area contributed by atoms with Gasteiger partial charge in [-0.05, 0) is 36.4 Å². The van der Waals surface area contributed by atoms with Crippen molar-refractivity contribution in [2.24, 2.45) is 0 Å². The number of benzene rings is 2. The lowest BCUT2D eigenvalue weighted by molar-refractivity contribution is 0.102. The number of ketones is 1. The molecule has 0 aromatic heterocycles. The highest BCUT2D eigenvalue weighted by molar-refractivity contribution is 9.10. The highest BCUT2D eigenvalue weighted by Crippen LogP contribution is 2.22. The molecule has 0 amide bonds. The Hall–Kier alpha value is -1.11. The van der Waals surface area contributed by atoms with E-state index in [0.29, 0.717) is 11.3 Å². The molecule has 0 bridgehead atoms. The number of hydrogen-bond donors (Lipinski definition) is 0. The number of carbonyl (C=O) groups excluding carboxylic acids is 1. The standard InChI is InChI=1S/C15H13BrO3S2/c1-21(18,19)14-7-5-13(6-8-14)20-10-15(17)11-3-2-4-12(16)9-11/h2-9H,10H2,1H3. The summed E-state index contributed by atoms with van der Waals surface area (Å²) in [5.74, 6) is 0.350. The van der Waals surface area contributed by atoms with Crippen LogP contribution in [0.1, 0.15) is 10.4 Å². The van der Waals surface area contributed by atoms with Crippen LogP contribution >= 0.6 is 27.7 Å². The van der Waals surface area contributed by atoms with Crippen molar-refractivity contribution in [2.45, 2.75) is 9.79 Å². The number of rotatable bonds is 5. The summed E-state index contributed by atoms with van der Waals surface area (Å²) in [5, 5.41) is 0. The predicted octanol–water partition coefficient (Wildman–Crippen LogP) is 3.83. The first-order chi connectivity index (χ1) is 9.86. The van der Waals surface area contributed by atoms with E-state index in [1.165, 1.54) is 18.0 Å². The van der Waals surface area contributed by atoms with Gasteiger partial charge in [0.25, 0.3) is 0 Å². The Labute approximate surface area is 136 Å². The maximum absolute atomic E-state index is 12.1. The molecule has 0 fully saturated rings. The topological polar surface area (TPSA) is 51.2 Å². The number of thioether (sulfide) groups is 1. The van der Waals surface area contributed by atoms with Crippen molar-refractivity contribution in [1.82, 2.24) is 0 Å². The van der Waals surface area contributed by atoms with Crippen LogP contribution in [0.2, 0.25) is 0 Å². The van der Waals surface area contributed by atoms with Crippen molar-refractivity contribution in [3.05, 3.63) is 58.6 Å². The second kappa shape index (κ2) is 6.77. The van der Waals surface area contributed by atoms with Crippen LogP contribution in [0.25, 0.3) is 0 Å². The molecule has 2 rings (SSSR count). The molecule has 3 nitrogen and oxygen atoms in total. The monoisotopic (exact) mass is 384 g/mol. The summed E-state index contributed by atoms with van der Waals surface area (Å²) in [6.45, 7) is 0. The number of carbonyl (C=O) groups is 1. The summed E-state index contributed by atoms with van der Waals surface area (Å²) in [7, 11) is -3.18. The fourth-order valence-electron chi connectivity index (χ4n) is 1.68. The molecule has 0 aliphatic carbocycles. The molecule has 0 N–H and O–H groups in total. The van der Waals surface area contributed by atoms with Crippen LogP contribution in [0.5, 0.6) is 0 Å². The maximum Gasteiger partial charge on any atom is 0.175 e. The zero-order chi connectivity index (χ0) is 15.5. The highest BCUT2D eigenvalue weighted by atomic mass is 79.9. The first kappa shape index (κ1) is 16.3. The molecule has 0 aliphatic rings. The Bertz CT molecular complexity index is 753. The molecule has 0 aliphatic heterocycles. The summed E-state index contributed by atoms with van der Waals surface area (Å²) in [6, 6.07) is 13.8. The molecule has 6 heteroatoms. The van der Waals surface area contributed by atoms with Gasteiger partial charge in [-0.25, -0.2) is 8.42 Å². The van der Waals surface area contributed by atoms with Crippen molar-refractivity contribution in [3.8, 4) is 0 Å². The molecule has 0 saturated heterocycles. The predicted molar refractivity (Wildman–Crippen MR) is 88.7 cm³/mol. The third-order valence-electron chi connectivity index (χ3n) is 2.77. The van der Waals surface area contributed by atoms with Gasteiger partial charge in [-0.3, -0.25) is 4.79 Å². The molecule has 0 unspecified atom stereocenters. The average molecular weight is 385 g/mol. The van der Waals surface area contributed by atoms with Gasteiger partial charge >= 0.3 is 0 Å². The Morgan fingerprint density at radius 1 is 1.14 bits per heavy atom. The zero-order valence-electron chi connectivity index (χ0n) is 11.2. The van der Waals surface area contributed by atoms with Crippen LogP contribution in [-0.2, 0) is 9.84 Å². The minimum Gasteiger partial charge on any atom is -0.293 e. The SMILES string of the molecule is CS(=O)(=O)c1ccc(SCC(=O)c2cccc(Br)c2)cc1. The lowest BCUT2D eigenvalue weighted by Gasteiger charge is -2.03. The molecule has 21 heavy (non-hydrogen) atoms. The van der Waals surface area contributed by atoms with Crippen LogP contribution in [0.15, 0.2) is 62.8 Å². The number of sulfone groups is 1. The van der Waals surface area contributed by atoms with E-state index >= 15 is 0 Å². The van der Waals surface area contributed by atoms with E-state index in [2.05, 4.69) is 15.9 Å². The van der Waals surface area contributed by atoms with E-state index in [1.54, 1.807) is 36.4 Å². The third-order valence-corrected chi connectivity index (χ3v) is 5.40. The van der Waals surface area contributed by atoms with E-state index < -0.39 is 9.84 Å². The minimum atomic E-state index is -3.18.